The van der Waals surface area contributed by atoms with E-state index in [0.717, 1.165) is 0 Å². The monoisotopic (exact) mass is 363 g/mol. The van der Waals surface area contributed by atoms with Gasteiger partial charge in [-0.1, -0.05) is 41.4 Å². The van der Waals surface area contributed by atoms with Crippen LogP contribution in [0, 0.1) is 0 Å². The number of carbonyl (C=O) groups excluding carboxylic acids is 1. The molecule has 0 saturated heterocycles. The minimum absolute atomic E-state index is 0.300. The van der Waals surface area contributed by atoms with Crippen LogP contribution in [0.25, 0.3) is 0 Å². The standard InChI is InChI=1S/C16H11Cl2N3OS/c1-21-13-7-6-9(17)8-11(13)14(19-15(20-23)16(21)22)10-4-2-3-5-12(10)18/h2-8,15H,1H3. The minimum Gasteiger partial charge on any atom is -0.311 e. The molecule has 0 spiro atoms. The van der Waals surface area contributed by atoms with Gasteiger partial charge in [-0.3, -0.25) is 4.79 Å². The van der Waals surface area contributed by atoms with Crippen molar-refractivity contribution in [2.75, 3.05) is 11.9 Å². The summed E-state index contributed by atoms with van der Waals surface area (Å²) in [5, 5.41) is 1.07. The summed E-state index contributed by atoms with van der Waals surface area (Å²) in [5.74, 6) is -0.300. The van der Waals surface area contributed by atoms with E-state index in [0.29, 0.717) is 32.6 Å². The Morgan fingerprint density at radius 3 is 2.61 bits per heavy atom. The van der Waals surface area contributed by atoms with Gasteiger partial charge in [0, 0.05) is 40.6 Å². The highest BCUT2D eigenvalue weighted by Gasteiger charge is 2.30. The Labute approximate surface area is 148 Å². The van der Waals surface area contributed by atoms with Gasteiger partial charge in [-0.15, -0.1) is 0 Å². The highest BCUT2D eigenvalue weighted by molar-refractivity contribution is 7.47. The Kier molecular flexibility index (Phi) is 4.43. The quantitative estimate of drug-likeness (QED) is 0.812. The number of amides is 1. The lowest BCUT2D eigenvalue weighted by atomic mass is 10.00. The summed E-state index contributed by atoms with van der Waals surface area (Å²) in [7, 11) is 1.66. The van der Waals surface area contributed by atoms with Crippen molar-refractivity contribution >= 4 is 52.9 Å². The molecule has 0 bridgehead atoms. The van der Waals surface area contributed by atoms with Crippen LogP contribution in [0.1, 0.15) is 11.1 Å². The summed E-state index contributed by atoms with van der Waals surface area (Å²) in [6.07, 6.45) is -0.993. The number of rotatable bonds is 2. The van der Waals surface area contributed by atoms with Gasteiger partial charge in [-0.05, 0) is 24.3 Å². The molecule has 1 amide bonds. The van der Waals surface area contributed by atoms with E-state index >= 15 is 0 Å². The molecular formula is C16H11Cl2N3OS. The number of carbonyl (C=O) groups is 1. The van der Waals surface area contributed by atoms with Gasteiger partial charge in [0.25, 0.3) is 5.91 Å². The normalized spacial score (nSPS) is 17.3. The third-order valence-corrected chi connectivity index (χ3v) is 4.37. The van der Waals surface area contributed by atoms with E-state index in [1.54, 1.807) is 31.3 Å². The third-order valence-electron chi connectivity index (χ3n) is 3.61. The number of halogens is 2. The zero-order valence-electron chi connectivity index (χ0n) is 12.0. The molecule has 3 rings (SSSR count). The summed E-state index contributed by atoms with van der Waals surface area (Å²) < 4.78 is 3.68. The van der Waals surface area contributed by atoms with Crippen molar-refractivity contribution in [3.63, 3.8) is 0 Å². The molecule has 116 valence electrons. The molecular weight excluding hydrogens is 353 g/mol. The molecule has 23 heavy (non-hydrogen) atoms. The maximum Gasteiger partial charge on any atom is 0.275 e. The number of anilines is 1. The Morgan fingerprint density at radius 2 is 1.91 bits per heavy atom. The Hall–Kier alpha value is -1.82. The van der Waals surface area contributed by atoms with Crippen molar-refractivity contribution in [2.24, 2.45) is 9.36 Å². The number of aliphatic imine (C=N–C) groups is 1. The summed E-state index contributed by atoms with van der Waals surface area (Å²) in [6, 6.07) is 12.5. The highest BCUT2D eigenvalue weighted by Crippen LogP contribution is 2.32. The van der Waals surface area contributed by atoms with Crippen LogP contribution < -0.4 is 4.90 Å². The number of nitrogens with zero attached hydrogens (tertiary/aromatic N) is 3. The molecule has 0 saturated carbocycles. The smallest absolute Gasteiger partial charge is 0.275 e. The highest BCUT2D eigenvalue weighted by atomic mass is 35.5. The van der Waals surface area contributed by atoms with Gasteiger partial charge in [-0.2, -0.15) is 4.36 Å². The van der Waals surface area contributed by atoms with Gasteiger partial charge in [0.1, 0.15) is 0 Å². The van der Waals surface area contributed by atoms with Crippen LogP contribution in [0.3, 0.4) is 0 Å². The van der Waals surface area contributed by atoms with Gasteiger partial charge < -0.3 is 4.90 Å². The fourth-order valence-corrected chi connectivity index (χ4v) is 3.00. The van der Waals surface area contributed by atoms with Crippen molar-refractivity contribution in [2.45, 2.75) is 6.17 Å². The van der Waals surface area contributed by atoms with E-state index in [1.807, 2.05) is 18.2 Å². The molecule has 0 radical (unpaired) electrons. The molecule has 1 atom stereocenters. The molecule has 0 aromatic heterocycles. The number of hydrogen-bond donors (Lipinski definition) is 0. The molecule has 4 nitrogen and oxygen atoms in total. The molecule has 7 heteroatoms. The maximum absolute atomic E-state index is 12.5. The summed E-state index contributed by atoms with van der Waals surface area (Å²) in [6.45, 7) is 0. The first-order chi connectivity index (χ1) is 11.0. The first kappa shape index (κ1) is 16.1. The van der Waals surface area contributed by atoms with Crippen molar-refractivity contribution in [3.8, 4) is 0 Å². The zero-order chi connectivity index (χ0) is 16.6. The second-order valence-corrected chi connectivity index (χ2v) is 6.05. The van der Waals surface area contributed by atoms with Crippen LogP contribution in [0.15, 0.2) is 51.8 Å². The molecule has 2 aromatic rings. The van der Waals surface area contributed by atoms with E-state index in [9.17, 15) is 4.79 Å². The van der Waals surface area contributed by atoms with E-state index in [-0.39, 0.29) is 5.91 Å². The molecule has 1 aliphatic heterocycles. The van der Waals surface area contributed by atoms with Crippen molar-refractivity contribution in [1.82, 2.24) is 0 Å². The molecule has 0 fully saturated rings. The zero-order valence-corrected chi connectivity index (χ0v) is 14.4. The lowest BCUT2D eigenvalue weighted by molar-refractivity contribution is -0.119. The van der Waals surface area contributed by atoms with Crippen LogP contribution in [0.2, 0.25) is 10.0 Å². The number of fused-ring (bicyclic) bond motifs is 1. The first-order valence-corrected chi connectivity index (χ1v) is 7.87. The lowest BCUT2D eigenvalue weighted by Gasteiger charge is -2.19. The van der Waals surface area contributed by atoms with E-state index in [4.69, 9.17) is 35.6 Å². The van der Waals surface area contributed by atoms with Gasteiger partial charge >= 0.3 is 0 Å². The van der Waals surface area contributed by atoms with Crippen LogP contribution >= 0.6 is 23.2 Å². The van der Waals surface area contributed by atoms with Crippen LogP contribution in [0.4, 0.5) is 5.69 Å². The molecule has 1 unspecified atom stereocenters. The van der Waals surface area contributed by atoms with Gasteiger partial charge in [0.05, 0.1) is 11.4 Å². The Bertz CT molecular complexity index is 838. The number of benzene rings is 2. The average Bonchev–Trinajstić information content (AvgIpc) is 2.65. The molecule has 2 aromatic carbocycles. The van der Waals surface area contributed by atoms with Crippen molar-refractivity contribution < 1.29 is 4.79 Å². The molecule has 1 heterocycles. The Morgan fingerprint density at radius 1 is 1.17 bits per heavy atom. The Balaban J connectivity index is 2.33. The summed E-state index contributed by atoms with van der Waals surface area (Å²) in [5.41, 5.74) is 2.63. The second kappa shape index (κ2) is 6.35. The number of hydrogen-bond acceptors (Lipinski definition) is 4. The van der Waals surface area contributed by atoms with Crippen molar-refractivity contribution in [3.05, 3.63) is 63.6 Å². The first-order valence-electron chi connectivity index (χ1n) is 6.75. The molecule has 1 aliphatic rings. The summed E-state index contributed by atoms with van der Waals surface area (Å²) in [4.78, 5) is 18.4. The molecule has 0 N–H and O–H groups in total. The topological polar surface area (TPSA) is 45.0 Å². The van der Waals surface area contributed by atoms with Crippen LogP contribution in [0.5, 0.6) is 0 Å². The minimum atomic E-state index is -0.993. The second-order valence-electron chi connectivity index (χ2n) is 5.00. The van der Waals surface area contributed by atoms with Gasteiger partial charge in [0.2, 0.25) is 6.17 Å². The van der Waals surface area contributed by atoms with Gasteiger partial charge in [0.15, 0.2) is 0 Å². The fraction of sp³-hybridized carbons (Fsp3) is 0.125. The molecule has 0 aliphatic carbocycles. The lowest BCUT2D eigenvalue weighted by Crippen LogP contribution is -2.33. The third kappa shape index (κ3) is 2.87. The average molecular weight is 364 g/mol. The maximum atomic E-state index is 12.5. The number of likely N-dealkylation sites (N-methyl/N-ethyl adjacent to an activating group) is 1. The summed E-state index contributed by atoms with van der Waals surface area (Å²) >= 11 is 17.2. The SMILES string of the molecule is CN1C(=O)C(N=S)N=C(c2ccccc2Cl)c2cc(Cl)ccc21. The predicted octanol–water partition coefficient (Wildman–Crippen LogP) is 3.86. The van der Waals surface area contributed by atoms with E-state index in [2.05, 4.69) is 9.36 Å². The number of benzodiazepines with no additional fused rings is 1. The van der Waals surface area contributed by atoms with Crippen LogP contribution in [-0.2, 0) is 17.2 Å². The fourth-order valence-electron chi connectivity index (χ4n) is 2.47. The largest absolute Gasteiger partial charge is 0.311 e. The van der Waals surface area contributed by atoms with Crippen molar-refractivity contribution in [1.29, 1.82) is 0 Å². The van der Waals surface area contributed by atoms with Crippen LogP contribution in [-0.4, -0.2) is 24.8 Å². The predicted molar refractivity (Wildman–Crippen MR) is 95.5 cm³/mol. The van der Waals surface area contributed by atoms with E-state index in [1.165, 1.54) is 4.90 Å². The van der Waals surface area contributed by atoms with E-state index < -0.39 is 6.17 Å². The van der Waals surface area contributed by atoms with Gasteiger partial charge in [-0.25, -0.2) is 4.99 Å².